The monoisotopic (exact) mass is 421 g/mol. The maximum absolute atomic E-state index is 12.6. The summed E-state index contributed by atoms with van der Waals surface area (Å²) in [5, 5.41) is 3.54. The number of rotatable bonds is 6. The molecule has 1 aliphatic rings. The molecule has 1 fully saturated rings. The maximum Gasteiger partial charge on any atom is 0.350 e. The van der Waals surface area contributed by atoms with Gasteiger partial charge in [-0.3, -0.25) is 9.69 Å². The smallest absolute Gasteiger partial charge is 0.350 e. The van der Waals surface area contributed by atoms with Gasteiger partial charge in [0.25, 0.3) is 0 Å². The van der Waals surface area contributed by atoms with Gasteiger partial charge in [0.15, 0.2) is 0 Å². The Morgan fingerprint density at radius 3 is 2.50 bits per heavy atom. The number of carbonyl (C=O) groups is 2. The molecule has 28 heavy (non-hydrogen) atoms. The van der Waals surface area contributed by atoms with Gasteiger partial charge >= 0.3 is 5.97 Å². The number of nitrogens with zero attached hydrogens (tertiary/aromatic N) is 2. The lowest BCUT2D eigenvalue weighted by molar-refractivity contribution is -0.117. The van der Waals surface area contributed by atoms with Crippen molar-refractivity contribution in [2.75, 3.05) is 51.7 Å². The number of halogens is 1. The van der Waals surface area contributed by atoms with Gasteiger partial charge in [0.2, 0.25) is 5.91 Å². The number of thiophene rings is 1. The fourth-order valence-corrected chi connectivity index (χ4v) is 4.13. The van der Waals surface area contributed by atoms with Crippen LogP contribution in [0.15, 0.2) is 30.3 Å². The van der Waals surface area contributed by atoms with Crippen molar-refractivity contribution in [3.05, 3.63) is 40.2 Å². The van der Waals surface area contributed by atoms with Crippen LogP contribution in [0.1, 0.15) is 16.6 Å². The van der Waals surface area contributed by atoms with E-state index in [2.05, 4.69) is 22.2 Å². The zero-order chi connectivity index (χ0) is 20.1. The Kier molecular flexibility index (Phi) is 7.07. The van der Waals surface area contributed by atoms with Gasteiger partial charge in [-0.25, -0.2) is 4.79 Å². The van der Waals surface area contributed by atoms with E-state index in [4.69, 9.17) is 16.3 Å². The summed E-state index contributed by atoms with van der Waals surface area (Å²) >= 11 is 7.26. The number of benzene rings is 1. The van der Waals surface area contributed by atoms with E-state index < -0.39 is 5.97 Å². The fraction of sp³-hybridized carbons (Fsp3) is 0.400. The highest BCUT2D eigenvalue weighted by Crippen LogP contribution is 2.36. The molecule has 2 aromatic rings. The Morgan fingerprint density at radius 2 is 1.86 bits per heavy atom. The molecule has 0 radical (unpaired) electrons. The zero-order valence-electron chi connectivity index (χ0n) is 16.0. The third kappa shape index (κ3) is 5.32. The van der Waals surface area contributed by atoms with Crippen LogP contribution in [0.5, 0.6) is 0 Å². The minimum absolute atomic E-state index is 0.129. The van der Waals surface area contributed by atoms with Gasteiger partial charge in [-0.05, 0) is 37.7 Å². The second-order valence-corrected chi connectivity index (χ2v) is 8.20. The van der Waals surface area contributed by atoms with Crippen LogP contribution in [-0.2, 0) is 9.53 Å². The van der Waals surface area contributed by atoms with Crippen molar-refractivity contribution in [2.45, 2.75) is 6.92 Å². The fourth-order valence-electron chi connectivity index (χ4n) is 2.99. The zero-order valence-corrected chi connectivity index (χ0v) is 17.6. The number of amides is 1. The Bertz CT molecular complexity index is 830. The maximum atomic E-state index is 12.6. The molecule has 0 bridgehead atoms. The molecule has 3 rings (SSSR count). The summed E-state index contributed by atoms with van der Waals surface area (Å²) in [6, 6.07) is 9.19. The van der Waals surface area contributed by atoms with E-state index in [1.807, 2.05) is 18.2 Å². The lowest BCUT2D eigenvalue weighted by atomic mass is 10.2. The lowest BCUT2D eigenvalue weighted by Crippen LogP contribution is -2.47. The molecule has 1 aromatic carbocycles. The lowest BCUT2D eigenvalue weighted by Gasteiger charge is -2.31. The minimum atomic E-state index is -0.428. The van der Waals surface area contributed by atoms with E-state index in [-0.39, 0.29) is 12.5 Å². The van der Waals surface area contributed by atoms with Crippen LogP contribution in [-0.4, -0.2) is 68.1 Å². The number of nitrogens with one attached hydrogen (secondary N) is 1. The molecular formula is C20H24ClN3O3S. The van der Waals surface area contributed by atoms with Gasteiger partial charge in [-0.1, -0.05) is 23.7 Å². The van der Waals surface area contributed by atoms with E-state index >= 15 is 0 Å². The highest BCUT2D eigenvalue weighted by molar-refractivity contribution is 7.18. The van der Waals surface area contributed by atoms with Crippen LogP contribution < -0.4 is 5.32 Å². The van der Waals surface area contributed by atoms with E-state index in [0.29, 0.717) is 22.1 Å². The first-order chi connectivity index (χ1) is 13.5. The van der Waals surface area contributed by atoms with Gasteiger partial charge < -0.3 is 15.0 Å². The highest BCUT2D eigenvalue weighted by Gasteiger charge is 2.22. The average Bonchev–Trinajstić information content (AvgIpc) is 3.08. The molecule has 150 valence electrons. The van der Waals surface area contributed by atoms with E-state index in [1.54, 1.807) is 19.1 Å². The number of hydrogen-bond donors (Lipinski definition) is 1. The molecular weight excluding hydrogens is 398 g/mol. The molecule has 8 heteroatoms. The van der Waals surface area contributed by atoms with Crippen LogP contribution in [0.4, 0.5) is 5.69 Å². The summed E-state index contributed by atoms with van der Waals surface area (Å²) in [4.78, 5) is 30.6. The molecule has 0 saturated carbocycles. The molecule has 1 aliphatic heterocycles. The molecule has 1 aromatic heterocycles. The molecule has 2 heterocycles. The van der Waals surface area contributed by atoms with Crippen molar-refractivity contribution < 1.29 is 14.3 Å². The van der Waals surface area contributed by atoms with Crippen LogP contribution in [0.2, 0.25) is 5.02 Å². The van der Waals surface area contributed by atoms with Crippen LogP contribution in [0.3, 0.4) is 0 Å². The third-order valence-electron chi connectivity index (χ3n) is 4.56. The number of carbonyl (C=O) groups excluding carboxylic acids is 2. The minimum Gasteiger partial charge on any atom is -0.462 e. The van der Waals surface area contributed by atoms with Gasteiger partial charge in [-0.2, -0.15) is 0 Å². The molecule has 0 atom stereocenters. The standard InChI is InChI=1S/C20H24ClN3O3S/c1-3-27-20(26)19-16(12-17(28-19)14-4-6-15(21)7-5-14)22-18(25)13-24-10-8-23(2)9-11-24/h4-7,12H,3,8-11,13H2,1-2H3,(H,22,25). The Morgan fingerprint density at radius 1 is 1.18 bits per heavy atom. The van der Waals surface area contributed by atoms with Crippen LogP contribution in [0.25, 0.3) is 10.4 Å². The normalized spacial score (nSPS) is 15.4. The van der Waals surface area contributed by atoms with Crippen molar-refractivity contribution in [1.82, 2.24) is 9.80 Å². The molecule has 1 saturated heterocycles. The summed E-state index contributed by atoms with van der Waals surface area (Å²) in [6.45, 7) is 5.95. The number of likely N-dealkylation sites (N-methyl/N-ethyl adjacent to an activating group) is 1. The topological polar surface area (TPSA) is 61.9 Å². The number of ether oxygens (including phenoxy) is 1. The van der Waals surface area contributed by atoms with E-state index in [9.17, 15) is 9.59 Å². The third-order valence-corrected chi connectivity index (χ3v) is 5.97. The Hall–Kier alpha value is -1.93. The van der Waals surface area contributed by atoms with Crippen LogP contribution >= 0.6 is 22.9 Å². The predicted molar refractivity (Wildman–Crippen MR) is 113 cm³/mol. The van der Waals surface area contributed by atoms with Crippen LogP contribution in [0, 0.1) is 0 Å². The number of anilines is 1. The Balaban J connectivity index is 1.76. The second-order valence-electron chi connectivity index (χ2n) is 6.71. The molecule has 1 N–H and O–H groups in total. The Labute approximate surface area is 174 Å². The van der Waals surface area contributed by atoms with Gasteiger partial charge in [0.05, 0.1) is 18.8 Å². The summed E-state index contributed by atoms with van der Waals surface area (Å²) in [6.07, 6.45) is 0. The number of esters is 1. The van der Waals surface area contributed by atoms with Gasteiger partial charge in [0.1, 0.15) is 4.88 Å². The van der Waals surface area contributed by atoms with E-state index in [0.717, 1.165) is 36.6 Å². The number of piperazine rings is 1. The molecule has 6 nitrogen and oxygen atoms in total. The van der Waals surface area contributed by atoms with Gasteiger partial charge in [0, 0.05) is 36.1 Å². The SMILES string of the molecule is CCOC(=O)c1sc(-c2ccc(Cl)cc2)cc1NC(=O)CN1CCN(C)CC1. The van der Waals surface area contributed by atoms with Crippen molar-refractivity contribution in [3.63, 3.8) is 0 Å². The van der Waals surface area contributed by atoms with Crippen molar-refractivity contribution in [3.8, 4) is 10.4 Å². The van der Waals surface area contributed by atoms with Crippen molar-refractivity contribution >= 4 is 40.5 Å². The summed E-state index contributed by atoms with van der Waals surface area (Å²) in [5.41, 5.74) is 1.42. The summed E-state index contributed by atoms with van der Waals surface area (Å²) < 4.78 is 5.16. The van der Waals surface area contributed by atoms with Crippen molar-refractivity contribution in [1.29, 1.82) is 0 Å². The van der Waals surface area contributed by atoms with E-state index in [1.165, 1.54) is 11.3 Å². The molecule has 0 aliphatic carbocycles. The first kappa shape index (κ1) is 20.8. The first-order valence-electron chi connectivity index (χ1n) is 9.24. The summed E-state index contributed by atoms with van der Waals surface area (Å²) in [7, 11) is 2.08. The highest BCUT2D eigenvalue weighted by atomic mass is 35.5. The van der Waals surface area contributed by atoms with Gasteiger partial charge in [-0.15, -0.1) is 11.3 Å². The first-order valence-corrected chi connectivity index (χ1v) is 10.4. The quantitative estimate of drug-likeness (QED) is 0.724. The largest absolute Gasteiger partial charge is 0.462 e. The molecule has 0 unspecified atom stereocenters. The summed E-state index contributed by atoms with van der Waals surface area (Å²) in [5.74, 6) is -0.557. The van der Waals surface area contributed by atoms with Crippen molar-refractivity contribution in [2.24, 2.45) is 0 Å². The molecule has 1 amide bonds. The number of hydrogen-bond acceptors (Lipinski definition) is 6. The molecule has 0 spiro atoms. The average molecular weight is 422 g/mol. The predicted octanol–water partition coefficient (Wildman–Crippen LogP) is 3.43. The second kappa shape index (κ2) is 9.52.